The van der Waals surface area contributed by atoms with E-state index in [0.717, 1.165) is 29.4 Å². The van der Waals surface area contributed by atoms with Crippen LogP contribution in [0.4, 0.5) is 0 Å². The number of likely N-dealkylation sites (tertiary alicyclic amines) is 1. The molecule has 0 bridgehead atoms. The van der Waals surface area contributed by atoms with Crippen molar-refractivity contribution in [2.75, 3.05) is 19.7 Å². The van der Waals surface area contributed by atoms with Crippen LogP contribution in [-0.2, 0) is 11.3 Å². The van der Waals surface area contributed by atoms with Crippen molar-refractivity contribution in [3.63, 3.8) is 0 Å². The van der Waals surface area contributed by atoms with Crippen LogP contribution in [0.15, 0.2) is 57.7 Å². The molecule has 2 N–H and O–H groups in total. The molecular formula is C24H26N2O4. The fraction of sp³-hybridized carbons (Fsp3) is 0.333. The molecule has 0 atom stereocenters. The minimum atomic E-state index is -0.395. The van der Waals surface area contributed by atoms with Crippen molar-refractivity contribution in [3.05, 3.63) is 75.6 Å². The number of hydrogen-bond donors (Lipinski definition) is 1. The smallest absolute Gasteiger partial charge is 0.336 e. The first kappa shape index (κ1) is 20.2. The van der Waals surface area contributed by atoms with Crippen molar-refractivity contribution in [2.24, 2.45) is 5.73 Å². The zero-order valence-electron chi connectivity index (χ0n) is 17.1. The van der Waals surface area contributed by atoms with Crippen molar-refractivity contribution in [1.82, 2.24) is 4.90 Å². The number of nitrogens with two attached hydrogens (primary N) is 1. The molecule has 6 nitrogen and oxygen atoms in total. The molecule has 0 saturated carbocycles. The molecule has 0 radical (unpaired) electrons. The highest BCUT2D eigenvalue weighted by molar-refractivity contribution is 5.81. The molecule has 1 saturated heterocycles. The number of carbonyl (C=O) groups excluding carboxylic acids is 1. The Morgan fingerprint density at radius 1 is 1.17 bits per heavy atom. The first-order chi connectivity index (χ1) is 14.5. The van der Waals surface area contributed by atoms with Gasteiger partial charge in [0.2, 0.25) is 0 Å². The zero-order chi connectivity index (χ0) is 21.1. The van der Waals surface area contributed by atoms with Crippen LogP contribution < -0.4 is 16.1 Å². The molecule has 6 heteroatoms. The van der Waals surface area contributed by atoms with Gasteiger partial charge in [0.25, 0.3) is 5.91 Å². The van der Waals surface area contributed by atoms with Crippen molar-refractivity contribution in [2.45, 2.75) is 32.2 Å². The summed E-state index contributed by atoms with van der Waals surface area (Å²) < 4.78 is 10.9. The molecule has 2 aromatic carbocycles. The van der Waals surface area contributed by atoms with Crippen LogP contribution in [0.2, 0.25) is 0 Å². The van der Waals surface area contributed by atoms with Crippen molar-refractivity contribution in [3.8, 4) is 5.75 Å². The SMILES string of the molecule is Cc1cc(=O)oc2cc(OCC(=O)N3CCC(c4cccc(CN)c4)CC3)ccc12. The van der Waals surface area contributed by atoms with Crippen LogP contribution in [0.25, 0.3) is 11.0 Å². The Kier molecular flexibility index (Phi) is 5.86. The molecule has 30 heavy (non-hydrogen) atoms. The summed E-state index contributed by atoms with van der Waals surface area (Å²) in [5, 5.41) is 0.856. The van der Waals surface area contributed by atoms with Gasteiger partial charge in [-0.05, 0) is 54.5 Å². The molecule has 0 spiro atoms. The van der Waals surface area contributed by atoms with E-state index in [4.69, 9.17) is 14.9 Å². The monoisotopic (exact) mass is 406 g/mol. The van der Waals surface area contributed by atoms with E-state index in [9.17, 15) is 9.59 Å². The number of nitrogens with zero attached hydrogens (tertiary/aromatic N) is 1. The third kappa shape index (κ3) is 4.39. The Hall–Kier alpha value is -3.12. The highest BCUT2D eigenvalue weighted by Crippen LogP contribution is 2.29. The van der Waals surface area contributed by atoms with Crippen LogP contribution in [-0.4, -0.2) is 30.5 Å². The molecule has 1 fully saturated rings. The van der Waals surface area contributed by atoms with E-state index >= 15 is 0 Å². The molecule has 3 aromatic rings. The molecule has 1 aliphatic rings. The van der Waals surface area contributed by atoms with Crippen LogP contribution >= 0.6 is 0 Å². The van der Waals surface area contributed by atoms with Gasteiger partial charge in [-0.25, -0.2) is 4.79 Å². The highest BCUT2D eigenvalue weighted by Gasteiger charge is 2.24. The zero-order valence-corrected chi connectivity index (χ0v) is 17.1. The quantitative estimate of drug-likeness (QED) is 0.657. The molecule has 0 aliphatic carbocycles. The first-order valence-corrected chi connectivity index (χ1v) is 10.3. The number of rotatable bonds is 5. The molecule has 0 unspecified atom stereocenters. The highest BCUT2D eigenvalue weighted by atomic mass is 16.5. The number of hydrogen-bond acceptors (Lipinski definition) is 5. The van der Waals surface area contributed by atoms with Crippen LogP contribution in [0, 0.1) is 6.92 Å². The second kappa shape index (κ2) is 8.71. The van der Waals surface area contributed by atoms with Gasteiger partial charge < -0.3 is 19.8 Å². The third-order valence-electron chi connectivity index (χ3n) is 5.79. The predicted octanol–water partition coefficient (Wildman–Crippen LogP) is 3.35. The van der Waals surface area contributed by atoms with Crippen molar-refractivity contribution < 1.29 is 13.9 Å². The summed E-state index contributed by atoms with van der Waals surface area (Å²) in [4.78, 5) is 26.0. The number of amides is 1. The lowest BCUT2D eigenvalue weighted by Crippen LogP contribution is -2.40. The summed E-state index contributed by atoms with van der Waals surface area (Å²) in [6, 6.07) is 15.2. The number of benzene rings is 2. The van der Waals surface area contributed by atoms with Crippen LogP contribution in [0.5, 0.6) is 5.75 Å². The summed E-state index contributed by atoms with van der Waals surface area (Å²) in [7, 11) is 0. The standard InChI is InChI=1S/C24H26N2O4/c1-16-11-24(28)30-22-13-20(5-6-21(16)22)29-15-23(27)26-9-7-18(8-10-26)19-4-2-3-17(12-19)14-25/h2-6,11-13,18H,7-10,14-15,25H2,1H3. The first-order valence-electron chi connectivity index (χ1n) is 10.3. The normalized spacial score (nSPS) is 14.8. The Morgan fingerprint density at radius 2 is 1.97 bits per heavy atom. The van der Waals surface area contributed by atoms with E-state index in [-0.39, 0.29) is 12.5 Å². The average molecular weight is 406 g/mol. The Labute approximate surface area is 175 Å². The Bertz CT molecular complexity index is 1110. The van der Waals surface area contributed by atoms with Crippen molar-refractivity contribution in [1.29, 1.82) is 0 Å². The lowest BCUT2D eigenvalue weighted by Gasteiger charge is -2.32. The number of carbonyl (C=O) groups is 1. The summed E-state index contributed by atoms with van der Waals surface area (Å²) in [5.41, 5.74) is 9.11. The van der Waals surface area contributed by atoms with Gasteiger partial charge in [-0.3, -0.25) is 4.79 Å². The topological polar surface area (TPSA) is 85.8 Å². The van der Waals surface area contributed by atoms with Gasteiger partial charge in [0.15, 0.2) is 6.61 Å². The second-order valence-corrected chi connectivity index (χ2v) is 7.80. The Balaban J connectivity index is 1.34. The predicted molar refractivity (Wildman–Crippen MR) is 116 cm³/mol. The molecular weight excluding hydrogens is 380 g/mol. The summed E-state index contributed by atoms with van der Waals surface area (Å²) in [6.45, 7) is 3.80. The van der Waals surface area contributed by atoms with Gasteiger partial charge in [0.1, 0.15) is 11.3 Å². The molecule has 2 heterocycles. The van der Waals surface area contributed by atoms with E-state index in [1.807, 2.05) is 24.0 Å². The minimum Gasteiger partial charge on any atom is -0.484 e. The maximum Gasteiger partial charge on any atom is 0.336 e. The van der Waals surface area contributed by atoms with E-state index < -0.39 is 5.63 Å². The van der Waals surface area contributed by atoms with Crippen molar-refractivity contribution >= 4 is 16.9 Å². The number of aryl methyl sites for hydroxylation is 1. The van der Waals surface area contributed by atoms with Gasteiger partial charge in [0.05, 0.1) is 0 Å². The minimum absolute atomic E-state index is 0.0325. The van der Waals surface area contributed by atoms with Gasteiger partial charge in [0, 0.05) is 37.2 Å². The van der Waals surface area contributed by atoms with E-state index in [1.165, 1.54) is 11.6 Å². The third-order valence-corrected chi connectivity index (χ3v) is 5.79. The molecule has 1 aromatic heterocycles. The molecule has 1 amide bonds. The summed E-state index contributed by atoms with van der Waals surface area (Å²) in [6.07, 6.45) is 1.86. The van der Waals surface area contributed by atoms with E-state index in [0.29, 0.717) is 36.9 Å². The second-order valence-electron chi connectivity index (χ2n) is 7.80. The van der Waals surface area contributed by atoms with Gasteiger partial charge in [-0.1, -0.05) is 24.3 Å². The number of piperidine rings is 1. The lowest BCUT2D eigenvalue weighted by atomic mass is 9.88. The van der Waals surface area contributed by atoms with Gasteiger partial charge in [-0.15, -0.1) is 0 Å². The molecule has 1 aliphatic heterocycles. The number of fused-ring (bicyclic) bond motifs is 1. The number of ether oxygens (including phenoxy) is 1. The fourth-order valence-electron chi connectivity index (χ4n) is 4.07. The van der Waals surface area contributed by atoms with Gasteiger partial charge >= 0.3 is 5.63 Å². The molecule has 156 valence electrons. The maximum atomic E-state index is 12.6. The average Bonchev–Trinajstić information content (AvgIpc) is 2.77. The summed E-state index contributed by atoms with van der Waals surface area (Å²) in [5.74, 6) is 0.932. The van der Waals surface area contributed by atoms with Crippen LogP contribution in [0.1, 0.15) is 35.4 Å². The Morgan fingerprint density at radius 3 is 2.73 bits per heavy atom. The van der Waals surface area contributed by atoms with Crippen LogP contribution in [0.3, 0.4) is 0 Å². The molecule has 4 rings (SSSR count). The van der Waals surface area contributed by atoms with E-state index in [1.54, 1.807) is 12.1 Å². The summed E-state index contributed by atoms with van der Waals surface area (Å²) >= 11 is 0. The van der Waals surface area contributed by atoms with Gasteiger partial charge in [-0.2, -0.15) is 0 Å². The maximum absolute atomic E-state index is 12.6. The fourth-order valence-corrected chi connectivity index (χ4v) is 4.07. The largest absolute Gasteiger partial charge is 0.484 e. The van der Waals surface area contributed by atoms with E-state index in [2.05, 4.69) is 18.2 Å². The lowest BCUT2D eigenvalue weighted by molar-refractivity contribution is -0.134.